The van der Waals surface area contributed by atoms with Crippen LogP contribution in [0.25, 0.3) is 11.4 Å². The summed E-state index contributed by atoms with van der Waals surface area (Å²) in [5, 5.41) is 17.2. The number of amides is 2. The molecule has 1 aromatic carbocycles. The highest BCUT2D eigenvalue weighted by Gasteiger charge is 2.35. The Morgan fingerprint density at radius 1 is 1.28 bits per heavy atom. The first-order valence-corrected chi connectivity index (χ1v) is 13.0. The molecule has 2 atom stereocenters. The molecule has 36 heavy (non-hydrogen) atoms. The number of hydrogen-bond acceptors (Lipinski definition) is 7. The summed E-state index contributed by atoms with van der Waals surface area (Å²) in [4.78, 5) is 30.6. The fourth-order valence-corrected chi connectivity index (χ4v) is 4.88. The van der Waals surface area contributed by atoms with Crippen molar-refractivity contribution in [3.8, 4) is 11.4 Å². The number of carbonyl (C=O) groups excluding carboxylic acids is 2. The van der Waals surface area contributed by atoms with E-state index in [0.717, 1.165) is 24.1 Å². The van der Waals surface area contributed by atoms with Crippen LogP contribution in [-0.2, 0) is 20.9 Å². The Hall–Kier alpha value is -3.18. The lowest BCUT2D eigenvalue weighted by Gasteiger charge is -2.32. The standard InChI is InChI=1S/C25H31FN6O3S/c1-17(2)11-12-27-25(34)23(21-6-4-14-36-21)31(15-20-5-3-13-35-20)22(33)16-32-29-24(28-30-32)18-7-9-19(26)10-8-18/h4,6-10,14,17,20,23H,3,5,11-13,15-16H2,1-2H3,(H,27,34)/t20-,23+/m0/s1. The molecule has 0 radical (unpaired) electrons. The van der Waals surface area contributed by atoms with Crippen LogP contribution in [0.15, 0.2) is 41.8 Å². The van der Waals surface area contributed by atoms with E-state index in [1.165, 1.54) is 28.3 Å². The van der Waals surface area contributed by atoms with Gasteiger partial charge in [-0.05, 0) is 66.1 Å². The Morgan fingerprint density at radius 2 is 2.08 bits per heavy atom. The minimum Gasteiger partial charge on any atom is -0.376 e. The smallest absolute Gasteiger partial charge is 0.248 e. The van der Waals surface area contributed by atoms with Crippen molar-refractivity contribution in [2.75, 3.05) is 19.7 Å². The summed E-state index contributed by atoms with van der Waals surface area (Å²) in [6.07, 6.45) is 2.45. The highest BCUT2D eigenvalue weighted by molar-refractivity contribution is 7.10. The third-order valence-corrected chi connectivity index (χ3v) is 6.89. The molecule has 0 bridgehead atoms. The zero-order valence-corrected chi connectivity index (χ0v) is 21.3. The number of ether oxygens (including phenoxy) is 1. The summed E-state index contributed by atoms with van der Waals surface area (Å²) >= 11 is 1.44. The van der Waals surface area contributed by atoms with Gasteiger partial charge in [0.25, 0.3) is 0 Å². The molecule has 0 spiro atoms. The van der Waals surface area contributed by atoms with E-state index in [1.807, 2.05) is 17.5 Å². The fraction of sp³-hybridized carbons (Fsp3) is 0.480. The molecule has 0 saturated carbocycles. The summed E-state index contributed by atoms with van der Waals surface area (Å²) in [6, 6.07) is 8.69. The molecule has 0 unspecified atom stereocenters. The molecule has 1 N–H and O–H groups in total. The molecule has 0 aliphatic carbocycles. The summed E-state index contributed by atoms with van der Waals surface area (Å²) in [7, 11) is 0. The topological polar surface area (TPSA) is 102 Å². The van der Waals surface area contributed by atoms with Crippen molar-refractivity contribution in [2.45, 2.75) is 51.8 Å². The van der Waals surface area contributed by atoms with Crippen molar-refractivity contribution >= 4 is 23.2 Å². The Balaban J connectivity index is 1.55. The van der Waals surface area contributed by atoms with E-state index in [1.54, 1.807) is 17.0 Å². The summed E-state index contributed by atoms with van der Waals surface area (Å²) in [5.74, 6) is -0.162. The third kappa shape index (κ3) is 6.73. The molecular formula is C25H31FN6O3S. The van der Waals surface area contributed by atoms with Gasteiger partial charge in [-0.25, -0.2) is 4.39 Å². The Morgan fingerprint density at radius 3 is 2.75 bits per heavy atom. The van der Waals surface area contributed by atoms with Gasteiger partial charge in [0.15, 0.2) is 0 Å². The molecule has 11 heteroatoms. The van der Waals surface area contributed by atoms with Crippen molar-refractivity contribution in [3.05, 3.63) is 52.5 Å². The number of aromatic nitrogens is 4. The van der Waals surface area contributed by atoms with E-state index < -0.39 is 6.04 Å². The largest absolute Gasteiger partial charge is 0.376 e. The van der Waals surface area contributed by atoms with Crippen LogP contribution >= 0.6 is 11.3 Å². The molecule has 2 amide bonds. The number of halogens is 1. The van der Waals surface area contributed by atoms with Crippen LogP contribution in [0.2, 0.25) is 0 Å². The SMILES string of the molecule is CC(C)CCNC(=O)[C@@H](c1cccs1)N(C[C@@H]1CCCO1)C(=O)Cn1nnc(-c2ccc(F)cc2)n1. The maximum Gasteiger partial charge on any atom is 0.248 e. The lowest BCUT2D eigenvalue weighted by molar-refractivity contribution is -0.143. The quantitative estimate of drug-likeness (QED) is 0.421. The van der Waals surface area contributed by atoms with Gasteiger partial charge in [0.2, 0.25) is 17.6 Å². The summed E-state index contributed by atoms with van der Waals surface area (Å²) < 4.78 is 19.1. The van der Waals surface area contributed by atoms with Crippen molar-refractivity contribution < 1.29 is 18.7 Å². The average Bonchev–Trinajstić information content (AvgIpc) is 3.63. The Labute approximate surface area is 213 Å². The number of nitrogens with zero attached hydrogens (tertiary/aromatic N) is 5. The highest BCUT2D eigenvalue weighted by atomic mass is 32.1. The number of nitrogens with one attached hydrogen (secondary N) is 1. The minimum absolute atomic E-state index is 0.140. The Kier molecular flexibility index (Phi) is 8.76. The van der Waals surface area contributed by atoms with Crippen molar-refractivity contribution in [1.82, 2.24) is 30.4 Å². The monoisotopic (exact) mass is 514 g/mol. The van der Waals surface area contributed by atoms with Crippen LogP contribution < -0.4 is 5.32 Å². The van der Waals surface area contributed by atoms with Crippen molar-refractivity contribution in [1.29, 1.82) is 0 Å². The first kappa shape index (κ1) is 25.9. The van der Waals surface area contributed by atoms with Crippen LogP contribution in [0.1, 0.15) is 44.0 Å². The van der Waals surface area contributed by atoms with E-state index in [9.17, 15) is 14.0 Å². The van der Waals surface area contributed by atoms with Crippen LogP contribution in [0.4, 0.5) is 4.39 Å². The lowest BCUT2D eigenvalue weighted by atomic mass is 10.1. The van der Waals surface area contributed by atoms with E-state index >= 15 is 0 Å². The lowest BCUT2D eigenvalue weighted by Crippen LogP contribution is -2.47. The van der Waals surface area contributed by atoms with E-state index in [0.29, 0.717) is 31.2 Å². The van der Waals surface area contributed by atoms with E-state index in [2.05, 4.69) is 34.6 Å². The number of rotatable bonds is 11. The molecule has 1 saturated heterocycles. The Bertz CT molecular complexity index is 1130. The number of hydrogen-bond donors (Lipinski definition) is 1. The van der Waals surface area contributed by atoms with Crippen molar-refractivity contribution in [3.63, 3.8) is 0 Å². The first-order valence-electron chi connectivity index (χ1n) is 12.2. The summed E-state index contributed by atoms with van der Waals surface area (Å²) in [5.41, 5.74) is 0.590. The second-order valence-corrected chi connectivity index (χ2v) is 10.2. The third-order valence-electron chi connectivity index (χ3n) is 5.97. The predicted molar refractivity (Wildman–Crippen MR) is 133 cm³/mol. The van der Waals surface area contributed by atoms with Crippen molar-refractivity contribution in [2.24, 2.45) is 5.92 Å². The predicted octanol–water partition coefficient (Wildman–Crippen LogP) is 3.45. The maximum absolute atomic E-state index is 13.6. The van der Waals surface area contributed by atoms with E-state index in [-0.39, 0.29) is 36.1 Å². The highest BCUT2D eigenvalue weighted by Crippen LogP contribution is 2.28. The summed E-state index contributed by atoms with van der Waals surface area (Å²) in [6.45, 7) is 5.47. The van der Waals surface area contributed by atoms with Gasteiger partial charge < -0.3 is 15.0 Å². The molecule has 1 fully saturated rings. The van der Waals surface area contributed by atoms with Gasteiger partial charge in [-0.15, -0.1) is 21.5 Å². The molecule has 3 heterocycles. The molecule has 9 nitrogen and oxygen atoms in total. The normalized spacial score (nSPS) is 16.3. The van der Waals surface area contributed by atoms with Gasteiger partial charge in [0.1, 0.15) is 18.4 Å². The van der Waals surface area contributed by atoms with Crippen LogP contribution in [0, 0.1) is 11.7 Å². The number of carbonyl (C=O) groups is 2. The molecule has 1 aliphatic rings. The van der Waals surface area contributed by atoms with E-state index in [4.69, 9.17) is 4.74 Å². The minimum atomic E-state index is -0.783. The van der Waals surface area contributed by atoms with Gasteiger partial charge in [0, 0.05) is 30.1 Å². The maximum atomic E-state index is 13.6. The molecule has 3 aromatic rings. The zero-order chi connectivity index (χ0) is 25.5. The van der Waals surface area contributed by atoms with Crippen LogP contribution in [0.3, 0.4) is 0 Å². The van der Waals surface area contributed by atoms with Gasteiger partial charge in [0.05, 0.1) is 6.10 Å². The average molecular weight is 515 g/mol. The molecule has 1 aliphatic heterocycles. The van der Waals surface area contributed by atoms with Gasteiger partial charge in [-0.2, -0.15) is 4.80 Å². The molecular weight excluding hydrogens is 483 g/mol. The zero-order valence-electron chi connectivity index (χ0n) is 20.5. The van der Waals surface area contributed by atoms with Gasteiger partial charge >= 0.3 is 0 Å². The first-order chi connectivity index (χ1) is 17.4. The number of thiophene rings is 1. The fourth-order valence-electron chi connectivity index (χ4n) is 4.05. The van der Waals surface area contributed by atoms with Crippen LogP contribution in [0.5, 0.6) is 0 Å². The molecule has 192 valence electrons. The van der Waals surface area contributed by atoms with Crippen LogP contribution in [-0.4, -0.2) is 62.7 Å². The molecule has 4 rings (SSSR count). The number of tetrazole rings is 1. The second kappa shape index (κ2) is 12.2. The van der Waals surface area contributed by atoms with Gasteiger partial charge in [-0.3, -0.25) is 9.59 Å². The number of benzene rings is 1. The second-order valence-electron chi connectivity index (χ2n) is 9.22. The van der Waals surface area contributed by atoms with Gasteiger partial charge in [-0.1, -0.05) is 19.9 Å². The molecule has 2 aromatic heterocycles.